The van der Waals surface area contributed by atoms with Crippen LogP contribution in [0.15, 0.2) is 24.0 Å². The van der Waals surface area contributed by atoms with Crippen LogP contribution < -0.4 is 4.74 Å². The molecular weight excluding hydrogens is 322 g/mol. The average Bonchev–Trinajstić information content (AvgIpc) is 2.91. The molecule has 2 N–H and O–H groups in total. The Labute approximate surface area is 145 Å². The van der Waals surface area contributed by atoms with Crippen LogP contribution in [0, 0.1) is 0 Å². The lowest BCUT2D eigenvalue weighted by atomic mass is 9.50. The summed E-state index contributed by atoms with van der Waals surface area (Å²) in [6.07, 6.45) is 2.99. The minimum atomic E-state index is -1.01. The summed E-state index contributed by atoms with van der Waals surface area (Å²) in [5.41, 5.74) is 0.300. The van der Waals surface area contributed by atoms with E-state index in [1.54, 1.807) is 12.1 Å². The molecule has 0 aromatic heterocycles. The van der Waals surface area contributed by atoms with E-state index in [9.17, 15) is 15.0 Å². The SMILES string of the molecule is CC(=O)OC1=CC[C@]2(O)[C@@H]3Cc4ccc(O)c5c4[C@]2(CCN3C)[C@@H]1O5. The number of ether oxygens (including phenoxy) is 2. The highest BCUT2D eigenvalue weighted by Gasteiger charge is 2.72. The van der Waals surface area contributed by atoms with Gasteiger partial charge in [0.1, 0.15) is 5.76 Å². The Morgan fingerprint density at radius 1 is 1.44 bits per heavy atom. The molecule has 0 amide bonds. The Bertz CT molecular complexity index is 833. The van der Waals surface area contributed by atoms with Crippen LogP contribution in [0.25, 0.3) is 0 Å². The van der Waals surface area contributed by atoms with Crippen molar-refractivity contribution < 1.29 is 24.5 Å². The number of benzene rings is 1. The third kappa shape index (κ3) is 1.60. The Morgan fingerprint density at radius 2 is 2.24 bits per heavy atom. The van der Waals surface area contributed by atoms with Crippen LogP contribution in [0.5, 0.6) is 11.5 Å². The second-order valence-corrected chi connectivity index (χ2v) is 7.70. The molecule has 4 atom stereocenters. The molecule has 2 bridgehead atoms. The van der Waals surface area contributed by atoms with Gasteiger partial charge in [-0.25, -0.2) is 0 Å². The van der Waals surface area contributed by atoms with Gasteiger partial charge in [-0.2, -0.15) is 0 Å². The minimum Gasteiger partial charge on any atom is -0.504 e. The second kappa shape index (κ2) is 4.56. The molecule has 2 heterocycles. The lowest BCUT2D eigenvalue weighted by Gasteiger charge is -2.61. The molecule has 2 aliphatic heterocycles. The van der Waals surface area contributed by atoms with Crippen molar-refractivity contribution in [1.82, 2.24) is 4.90 Å². The molecule has 1 spiro atoms. The standard InChI is InChI=1S/C19H21NO5/c1-10(21)24-13-5-6-19(23)14-9-11-3-4-12(22)16-15(11)18(19,17(13)25-16)7-8-20(14)2/h3-5,14,17,22-23H,6-9H2,1-2H3/t14-,17+,18+,19-/m0/s1. The molecule has 25 heavy (non-hydrogen) atoms. The monoisotopic (exact) mass is 343 g/mol. The number of hydrogen-bond donors (Lipinski definition) is 2. The van der Waals surface area contributed by atoms with Gasteiger partial charge in [-0.05, 0) is 44.1 Å². The van der Waals surface area contributed by atoms with Crippen molar-refractivity contribution in [2.75, 3.05) is 13.6 Å². The minimum absolute atomic E-state index is 0.0366. The number of esters is 1. The fourth-order valence-electron chi connectivity index (χ4n) is 5.60. The summed E-state index contributed by atoms with van der Waals surface area (Å²) in [7, 11) is 2.04. The fraction of sp³-hybridized carbons (Fsp3) is 0.526. The van der Waals surface area contributed by atoms with Crippen molar-refractivity contribution in [2.24, 2.45) is 0 Å². The summed E-state index contributed by atoms with van der Waals surface area (Å²) in [4.78, 5) is 13.8. The first-order valence-electron chi connectivity index (χ1n) is 8.71. The van der Waals surface area contributed by atoms with Crippen molar-refractivity contribution in [3.05, 3.63) is 35.1 Å². The Morgan fingerprint density at radius 3 is 3.00 bits per heavy atom. The number of phenolic OH excluding ortho intramolecular Hbond substituents is 1. The molecule has 0 radical (unpaired) electrons. The number of aliphatic hydroxyl groups is 1. The topological polar surface area (TPSA) is 79.2 Å². The molecule has 132 valence electrons. The van der Waals surface area contributed by atoms with E-state index in [-0.39, 0.29) is 11.8 Å². The molecule has 0 saturated carbocycles. The number of nitrogens with zero attached hydrogens (tertiary/aromatic N) is 1. The summed E-state index contributed by atoms with van der Waals surface area (Å²) < 4.78 is 11.6. The lowest BCUT2D eigenvalue weighted by molar-refractivity contribution is -0.168. The number of aromatic hydroxyl groups is 1. The number of likely N-dealkylation sites (N-methyl/N-ethyl adjacent to an activating group) is 1. The van der Waals surface area contributed by atoms with Gasteiger partial charge in [0.05, 0.1) is 11.0 Å². The van der Waals surface area contributed by atoms with Crippen LogP contribution in [0.3, 0.4) is 0 Å². The highest BCUT2D eigenvalue weighted by molar-refractivity contribution is 5.69. The number of likely N-dealkylation sites (tertiary alicyclic amines) is 1. The first kappa shape index (κ1) is 15.2. The molecule has 1 saturated heterocycles. The van der Waals surface area contributed by atoms with Crippen molar-refractivity contribution in [1.29, 1.82) is 0 Å². The molecule has 6 heteroatoms. The van der Waals surface area contributed by atoms with Crippen molar-refractivity contribution in [2.45, 2.75) is 49.3 Å². The van der Waals surface area contributed by atoms with Crippen LogP contribution in [0.1, 0.15) is 30.9 Å². The Balaban J connectivity index is 1.80. The van der Waals surface area contributed by atoms with Gasteiger partial charge in [-0.1, -0.05) is 6.07 Å². The molecule has 4 aliphatic rings. The van der Waals surface area contributed by atoms with Gasteiger partial charge in [0.2, 0.25) is 0 Å². The molecule has 6 nitrogen and oxygen atoms in total. The predicted octanol–water partition coefficient (Wildman–Crippen LogP) is 1.23. The van der Waals surface area contributed by atoms with Gasteiger partial charge in [0, 0.05) is 24.9 Å². The Hall–Kier alpha value is -2.05. The largest absolute Gasteiger partial charge is 0.504 e. The van der Waals surface area contributed by atoms with Crippen molar-refractivity contribution >= 4 is 5.97 Å². The first-order chi connectivity index (χ1) is 11.9. The van der Waals surface area contributed by atoms with E-state index in [4.69, 9.17) is 9.47 Å². The molecule has 2 aliphatic carbocycles. The lowest BCUT2D eigenvalue weighted by Crippen LogP contribution is -2.74. The summed E-state index contributed by atoms with van der Waals surface area (Å²) in [5.74, 6) is 0.551. The maximum Gasteiger partial charge on any atom is 0.307 e. The van der Waals surface area contributed by atoms with Crippen LogP contribution in [0.2, 0.25) is 0 Å². The van der Waals surface area contributed by atoms with Gasteiger partial charge in [-0.3, -0.25) is 4.79 Å². The number of carbonyl (C=O) groups excluding carboxylic acids is 1. The summed E-state index contributed by atoms with van der Waals surface area (Å²) in [6, 6.07) is 3.54. The molecular formula is C19H21NO5. The first-order valence-corrected chi connectivity index (χ1v) is 8.71. The third-order valence-electron chi connectivity index (χ3n) is 6.61. The molecule has 5 rings (SSSR count). The molecule has 1 aromatic rings. The van der Waals surface area contributed by atoms with E-state index in [1.165, 1.54) is 6.92 Å². The van der Waals surface area contributed by atoms with E-state index in [2.05, 4.69) is 4.90 Å². The second-order valence-electron chi connectivity index (χ2n) is 7.70. The van der Waals surface area contributed by atoms with E-state index in [1.807, 2.05) is 13.1 Å². The van der Waals surface area contributed by atoms with E-state index >= 15 is 0 Å². The van der Waals surface area contributed by atoms with Gasteiger partial charge in [-0.15, -0.1) is 0 Å². The molecule has 0 unspecified atom stereocenters. The molecule has 1 aromatic carbocycles. The number of carbonyl (C=O) groups is 1. The number of hydrogen-bond acceptors (Lipinski definition) is 6. The normalized spacial score (nSPS) is 37.8. The number of piperidine rings is 1. The number of rotatable bonds is 1. The van der Waals surface area contributed by atoms with Gasteiger partial charge < -0.3 is 24.6 Å². The zero-order chi connectivity index (χ0) is 17.6. The van der Waals surface area contributed by atoms with E-state index in [0.29, 0.717) is 30.8 Å². The van der Waals surface area contributed by atoms with Gasteiger partial charge >= 0.3 is 5.97 Å². The quantitative estimate of drug-likeness (QED) is 0.747. The smallest absolute Gasteiger partial charge is 0.307 e. The predicted molar refractivity (Wildman–Crippen MR) is 88.4 cm³/mol. The highest BCUT2D eigenvalue weighted by atomic mass is 16.6. The van der Waals surface area contributed by atoms with E-state index < -0.39 is 23.1 Å². The Kier molecular flexibility index (Phi) is 2.78. The fourth-order valence-corrected chi connectivity index (χ4v) is 5.60. The van der Waals surface area contributed by atoms with E-state index in [0.717, 1.165) is 17.7 Å². The highest BCUT2D eigenvalue weighted by Crippen LogP contribution is 2.65. The number of phenols is 1. The zero-order valence-corrected chi connectivity index (χ0v) is 14.3. The third-order valence-corrected chi connectivity index (χ3v) is 6.61. The zero-order valence-electron chi connectivity index (χ0n) is 14.3. The molecule has 1 fully saturated rings. The van der Waals surface area contributed by atoms with Gasteiger partial charge in [0.15, 0.2) is 17.6 Å². The maximum absolute atomic E-state index is 11.8. The average molecular weight is 343 g/mol. The van der Waals surface area contributed by atoms with Crippen LogP contribution in [-0.2, 0) is 21.4 Å². The van der Waals surface area contributed by atoms with Crippen molar-refractivity contribution in [3.8, 4) is 11.5 Å². The maximum atomic E-state index is 11.8. The van der Waals surface area contributed by atoms with Crippen molar-refractivity contribution in [3.63, 3.8) is 0 Å². The van der Waals surface area contributed by atoms with Crippen LogP contribution in [0.4, 0.5) is 0 Å². The van der Waals surface area contributed by atoms with Crippen LogP contribution >= 0.6 is 0 Å². The van der Waals surface area contributed by atoms with Crippen LogP contribution in [-0.4, -0.2) is 52.4 Å². The summed E-state index contributed by atoms with van der Waals surface area (Å²) in [5, 5.41) is 22.2. The summed E-state index contributed by atoms with van der Waals surface area (Å²) in [6.45, 7) is 2.18. The summed E-state index contributed by atoms with van der Waals surface area (Å²) >= 11 is 0. The van der Waals surface area contributed by atoms with Gasteiger partial charge in [0.25, 0.3) is 0 Å².